The summed E-state index contributed by atoms with van der Waals surface area (Å²) in [5.74, 6) is 1.55. The molecule has 2 aromatic rings. The van der Waals surface area contributed by atoms with E-state index in [-0.39, 0.29) is 29.9 Å². The number of guanidine groups is 1. The molecule has 0 amide bonds. The molecule has 130 valence electrons. The van der Waals surface area contributed by atoms with Crippen molar-refractivity contribution in [1.29, 1.82) is 0 Å². The molecule has 2 rings (SSSR count). The number of hydrogen-bond donors (Lipinski definition) is 2. The van der Waals surface area contributed by atoms with Gasteiger partial charge < -0.3 is 15.8 Å². The van der Waals surface area contributed by atoms with E-state index < -0.39 is 0 Å². The molecular formula is C19H26IN3O. The number of methoxy groups -OCH3 is 1. The van der Waals surface area contributed by atoms with E-state index in [1.54, 1.807) is 7.11 Å². The normalized spacial score (nSPS) is 12.2. The molecule has 1 unspecified atom stereocenters. The van der Waals surface area contributed by atoms with Crippen LogP contribution in [0.2, 0.25) is 0 Å². The van der Waals surface area contributed by atoms with Crippen molar-refractivity contribution in [2.24, 2.45) is 10.7 Å². The van der Waals surface area contributed by atoms with Crippen LogP contribution in [0, 0.1) is 0 Å². The summed E-state index contributed by atoms with van der Waals surface area (Å²) < 4.78 is 5.40. The number of hydrogen-bond acceptors (Lipinski definition) is 2. The molecule has 24 heavy (non-hydrogen) atoms. The number of para-hydroxylation sites is 1. The third-order valence-electron chi connectivity index (χ3n) is 3.81. The van der Waals surface area contributed by atoms with Crippen molar-refractivity contribution in [3.63, 3.8) is 0 Å². The summed E-state index contributed by atoms with van der Waals surface area (Å²) in [6, 6.07) is 16.2. The van der Waals surface area contributed by atoms with Gasteiger partial charge >= 0.3 is 0 Å². The summed E-state index contributed by atoms with van der Waals surface area (Å²) in [7, 11) is 1.69. The fourth-order valence-corrected chi connectivity index (χ4v) is 2.46. The van der Waals surface area contributed by atoms with Crippen LogP contribution in [0.1, 0.15) is 30.9 Å². The zero-order chi connectivity index (χ0) is 16.7. The molecule has 0 heterocycles. The van der Waals surface area contributed by atoms with E-state index in [9.17, 15) is 0 Å². The first-order chi connectivity index (χ1) is 11.1. The van der Waals surface area contributed by atoms with Crippen LogP contribution in [0.25, 0.3) is 0 Å². The number of aryl methyl sites for hydroxylation is 1. The van der Waals surface area contributed by atoms with E-state index in [0.717, 1.165) is 23.4 Å². The van der Waals surface area contributed by atoms with Crippen LogP contribution < -0.4 is 15.8 Å². The Kier molecular flexibility index (Phi) is 8.60. The molecule has 2 aromatic carbocycles. The summed E-state index contributed by atoms with van der Waals surface area (Å²) in [6.45, 7) is 4.85. The van der Waals surface area contributed by atoms with Gasteiger partial charge in [-0.3, -0.25) is 4.99 Å². The Morgan fingerprint density at radius 1 is 1.21 bits per heavy atom. The molecule has 0 spiro atoms. The number of ether oxygens (including phenoxy) is 1. The van der Waals surface area contributed by atoms with E-state index in [4.69, 9.17) is 10.5 Å². The van der Waals surface area contributed by atoms with E-state index in [1.165, 1.54) is 5.56 Å². The van der Waals surface area contributed by atoms with Gasteiger partial charge in [0.15, 0.2) is 5.96 Å². The fraction of sp³-hybridized carbons (Fsp3) is 0.316. The molecule has 0 bridgehead atoms. The number of aliphatic imine (C=N–C) groups is 1. The highest BCUT2D eigenvalue weighted by molar-refractivity contribution is 14.0. The Morgan fingerprint density at radius 3 is 2.67 bits per heavy atom. The molecule has 0 saturated carbocycles. The predicted molar refractivity (Wildman–Crippen MR) is 113 cm³/mol. The quantitative estimate of drug-likeness (QED) is 0.399. The maximum absolute atomic E-state index is 6.00. The van der Waals surface area contributed by atoms with Gasteiger partial charge in [0.1, 0.15) is 5.75 Å². The Hall–Kier alpha value is -1.76. The van der Waals surface area contributed by atoms with Crippen LogP contribution in [0.3, 0.4) is 0 Å². The average Bonchev–Trinajstić information content (AvgIpc) is 2.59. The largest absolute Gasteiger partial charge is 0.496 e. The molecule has 4 nitrogen and oxygen atoms in total. The highest BCUT2D eigenvalue weighted by Crippen LogP contribution is 2.26. The molecule has 1 atom stereocenters. The van der Waals surface area contributed by atoms with E-state index in [1.807, 2.05) is 30.3 Å². The SMILES string of the molecule is CCc1cccc(NC(N)=NCC(C)c2ccccc2OC)c1.I. The first-order valence-electron chi connectivity index (χ1n) is 7.92. The maximum atomic E-state index is 6.00. The van der Waals surface area contributed by atoms with Gasteiger partial charge in [-0.05, 0) is 35.7 Å². The lowest BCUT2D eigenvalue weighted by Crippen LogP contribution is -2.23. The highest BCUT2D eigenvalue weighted by atomic mass is 127. The molecule has 0 saturated heterocycles. The van der Waals surface area contributed by atoms with Gasteiger partial charge in [-0.1, -0.05) is 44.2 Å². The minimum atomic E-state index is 0. The van der Waals surface area contributed by atoms with Crippen LogP contribution >= 0.6 is 24.0 Å². The average molecular weight is 439 g/mol. The fourth-order valence-electron chi connectivity index (χ4n) is 2.46. The molecule has 0 fully saturated rings. The summed E-state index contributed by atoms with van der Waals surface area (Å²) in [6.07, 6.45) is 0.997. The first kappa shape index (κ1) is 20.3. The summed E-state index contributed by atoms with van der Waals surface area (Å²) in [5.41, 5.74) is 9.38. The Morgan fingerprint density at radius 2 is 1.96 bits per heavy atom. The highest BCUT2D eigenvalue weighted by Gasteiger charge is 2.10. The molecule has 0 radical (unpaired) electrons. The molecule has 0 aliphatic carbocycles. The number of nitrogens with two attached hydrogens (primary N) is 1. The number of benzene rings is 2. The van der Waals surface area contributed by atoms with Crippen LogP contribution in [-0.2, 0) is 6.42 Å². The van der Waals surface area contributed by atoms with Gasteiger partial charge in [-0.15, -0.1) is 24.0 Å². The van der Waals surface area contributed by atoms with Gasteiger partial charge in [0.25, 0.3) is 0 Å². The molecule has 0 aliphatic heterocycles. The molecular weight excluding hydrogens is 413 g/mol. The summed E-state index contributed by atoms with van der Waals surface area (Å²) >= 11 is 0. The third kappa shape index (κ3) is 5.70. The number of rotatable bonds is 6. The van der Waals surface area contributed by atoms with Gasteiger partial charge in [0.05, 0.1) is 7.11 Å². The van der Waals surface area contributed by atoms with Crippen LogP contribution in [0.5, 0.6) is 5.75 Å². The van der Waals surface area contributed by atoms with Crippen molar-refractivity contribution < 1.29 is 4.74 Å². The first-order valence-corrected chi connectivity index (χ1v) is 7.92. The standard InChI is InChI=1S/C19H25N3O.HI/c1-4-15-8-7-9-16(12-15)22-19(20)21-13-14(2)17-10-5-6-11-18(17)23-3;/h5-12,14H,4,13H2,1-3H3,(H3,20,21,22);1H. The van der Waals surface area contributed by atoms with Gasteiger partial charge in [-0.2, -0.15) is 0 Å². The van der Waals surface area contributed by atoms with E-state index >= 15 is 0 Å². The second-order valence-electron chi connectivity index (χ2n) is 5.55. The van der Waals surface area contributed by atoms with Crippen molar-refractivity contribution in [1.82, 2.24) is 0 Å². The van der Waals surface area contributed by atoms with Gasteiger partial charge in [0.2, 0.25) is 0 Å². The molecule has 0 aromatic heterocycles. The number of nitrogens with one attached hydrogen (secondary N) is 1. The lowest BCUT2D eigenvalue weighted by atomic mass is 10.0. The minimum absolute atomic E-state index is 0. The maximum Gasteiger partial charge on any atom is 0.193 e. The van der Waals surface area contributed by atoms with Crippen molar-refractivity contribution in [2.45, 2.75) is 26.2 Å². The lowest BCUT2D eigenvalue weighted by molar-refractivity contribution is 0.407. The minimum Gasteiger partial charge on any atom is -0.496 e. The Labute approximate surface area is 161 Å². The predicted octanol–water partition coefficient (Wildman–Crippen LogP) is 4.41. The van der Waals surface area contributed by atoms with E-state index in [2.05, 4.69) is 42.4 Å². The van der Waals surface area contributed by atoms with Gasteiger partial charge in [-0.25, -0.2) is 0 Å². The van der Waals surface area contributed by atoms with Gasteiger partial charge in [0, 0.05) is 18.2 Å². The zero-order valence-electron chi connectivity index (χ0n) is 14.5. The molecule has 5 heteroatoms. The van der Waals surface area contributed by atoms with Crippen molar-refractivity contribution in [3.8, 4) is 5.75 Å². The second kappa shape index (κ2) is 10.2. The van der Waals surface area contributed by atoms with Crippen molar-refractivity contribution >= 4 is 35.6 Å². The molecule has 3 N–H and O–H groups in total. The number of nitrogens with zero attached hydrogens (tertiary/aromatic N) is 1. The Balaban J connectivity index is 0.00000288. The third-order valence-corrected chi connectivity index (χ3v) is 3.81. The van der Waals surface area contributed by atoms with Crippen LogP contribution in [0.15, 0.2) is 53.5 Å². The second-order valence-corrected chi connectivity index (χ2v) is 5.55. The molecule has 0 aliphatic rings. The van der Waals surface area contributed by atoms with Crippen molar-refractivity contribution in [3.05, 3.63) is 59.7 Å². The van der Waals surface area contributed by atoms with Crippen LogP contribution in [-0.4, -0.2) is 19.6 Å². The van der Waals surface area contributed by atoms with Crippen LogP contribution in [0.4, 0.5) is 5.69 Å². The monoisotopic (exact) mass is 439 g/mol. The topological polar surface area (TPSA) is 59.6 Å². The Bertz CT molecular complexity index is 673. The van der Waals surface area contributed by atoms with Crippen molar-refractivity contribution in [2.75, 3.05) is 19.0 Å². The summed E-state index contributed by atoms with van der Waals surface area (Å²) in [4.78, 5) is 4.45. The zero-order valence-corrected chi connectivity index (χ0v) is 16.8. The number of halogens is 1. The summed E-state index contributed by atoms with van der Waals surface area (Å²) in [5, 5.41) is 3.15. The van der Waals surface area contributed by atoms with E-state index in [0.29, 0.717) is 12.5 Å². The number of anilines is 1. The smallest absolute Gasteiger partial charge is 0.193 e. The lowest BCUT2D eigenvalue weighted by Gasteiger charge is -2.14.